The largest absolute Gasteiger partial charge is 0.506 e. The first-order chi connectivity index (χ1) is 9.47. The first-order valence-electron chi connectivity index (χ1n) is 5.63. The zero-order chi connectivity index (χ0) is 14.3. The van der Waals surface area contributed by atoms with E-state index in [2.05, 4.69) is 10.2 Å². The van der Waals surface area contributed by atoms with Crippen LogP contribution in [0.15, 0.2) is 30.5 Å². The Hall–Kier alpha value is -2.55. The molecule has 1 amide bonds. The van der Waals surface area contributed by atoms with Crippen molar-refractivity contribution in [1.82, 2.24) is 14.9 Å². The van der Waals surface area contributed by atoms with E-state index in [4.69, 9.17) is 0 Å². The van der Waals surface area contributed by atoms with Crippen molar-refractivity contribution in [3.8, 4) is 17.0 Å². The number of H-pyrrole nitrogens is 1. The number of aromatic hydroxyl groups is 1. The number of carbonyl (C=O) groups is 1. The van der Waals surface area contributed by atoms with Gasteiger partial charge in [-0.1, -0.05) is 6.07 Å². The molecule has 8 nitrogen and oxygen atoms in total. The van der Waals surface area contributed by atoms with Crippen molar-refractivity contribution in [3.63, 3.8) is 0 Å². The maximum absolute atomic E-state index is 11.7. The van der Waals surface area contributed by atoms with Crippen LogP contribution in [0.2, 0.25) is 0 Å². The van der Waals surface area contributed by atoms with E-state index in [9.17, 15) is 18.3 Å². The zero-order valence-electron chi connectivity index (χ0n) is 10.1. The highest BCUT2D eigenvalue weighted by Gasteiger charge is 2.35. The van der Waals surface area contributed by atoms with Gasteiger partial charge >= 0.3 is 10.2 Å². The van der Waals surface area contributed by atoms with E-state index in [0.29, 0.717) is 11.3 Å². The monoisotopic (exact) mass is 294 g/mol. The molecule has 0 unspecified atom stereocenters. The van der Waals surface area contributed by atoms with E-state index in [0.717, 1.165) is 4.31 Å². The number of rotatable bonds is 2. The fourth-order valence-electron chi connectivity index (χ4n) is 1.98. The Morgan fingerprint density at radius 1 is 1.30 bits per heavy atom. The number of hydrogen-bond donors (Lipinski definition) is 3. The molecule has 1 fully saturated rings. The molecule has 0 aliphatic carbocycles. The number of nitrogens with zero attached hydrogens (tertiary/aromatic N) is 2. The fourth-order valence-corrected chi connectivity index (χ4v) is 3.14. The minimum Gasteiger partial charge on any atom is -0.506 e. The Labute approximate surface area is 114 Å². The molecule has 2 heterocycles. The van der Waals surface area contributed by atoms with Crippen molar-refractivity contribution in [2.24, 2.45) is 0 Å². The number of amides is 1. The van der Waals surface area contributed by atoms with Crippen molar-refractivity contribution in [3.05, 3.63) is 30.5 Å². The molecule has 20 heavy (non-hydrogen) atoms. The molecule has 0 atom stereocenters. The highest BCUT2D eigenvalue weighted by atomic mass is 32.2. The van der Waals surface area contributed by atoms with Gasteiger partial charge in [0.15, 0.2) is 0 Å². The van der Waals surface area contributed by atoms with E-state index in [1.165, 1.54) is 12.1 Å². The SMILES string of the molecule is O=C1CN(c2ccc(-c3ccn[nH]3)cc2O)S(=O)(=O)N1. The third-order valence-corrected chi connectivity index (χ3v) is 4.27. The van der Waals surface area contributed by atoms with Crippen LogP contribution in [-0.2, 0) is 15.0 Å². The molecule has 1 aromatic heterocycles. The van der Waals surface area contributed by atoms with Crippen LogP contribution in [0.4, 0.5) is 5.69 Å². The van der Waals surface area contributed by atoms with Crippen LogP contribution in [0.25, 0.3) is 11.3 Å². The molecule has 0 saturated carbocycles. The molecule has 1 aliphatic rings. The van der Waals surface area contributed by atoms with Crippen molar-refractivity contribution >= 4 is 21.8 Å². The highest BCUT2D eigenvalue weighted by molar-refractivity contribution is 7.92. The van der Waals surface area contributed by atoms with Gasteiger partial charge < -0.3 is 5.11 Å². The summed E-state index contributed by atoms with van der Waals surface area (Å²) >= 11 is 0. The van der Waals surface area contributed by atoms with Crippen molar-refractivity contribution in [2.75, 3.05) is 10.8 Å². The predicted molar refractivity (Wildman–Crippen MR) is 70.1 cm³/mol. The van der Waals surface area contributed by atoms with Gasteiger partial charge in [-0.2, -0.15) is 13.5 Å². The molecule has 1 saturated heterocycles. The second kappa shape index (κ2) is 4.23. The fraction of sp³-hybridized carbons (Fsp3) is 0.0909. The van der Waals surface area contributed by atoms with Crippen LogP contribution in [0.1, 0.15) is 0 Å². The number of benzene rings is 1. The van der Waals surface area contributed by atoms with Crippen LogP contribution in [-0.4, -0.2) is 36.2 Å². The number of carbonyl (C=O) groups excluding carboxylic acids is 1. The van der Waals surface area contributed by atoms with E-state index >= 15 is 0 Å². The van der Waals surface area contributed by atoms with Crippen LogP contribution < -0.4 is 9.03 Å². The zero-order valence-corrected chi connectivity index (χ0v) is 10.9. The molecule has 0 bridgehead atoms. The molecule has 9 heteroatoms. The maximum atomic E-state index is 11.7. The van der Waals surface area contributed by atoms with E-state index in [1.807, 2.05) is 4.72 Å². The number of aromatic amines is 1. The second-order valence-electron chi connectivity index (χ2n) is 4.21. The molecule has 3 rings (SSSR count). The quantitative estimate of drug-likeness (QED) is 0.719. The highest BCUT2D eigenvalue weighted by Crippen LogP contribution is 2.33. The smallest absolute Gasteiger partial charge is 0.326 e. The summed E-state index contributed by atoms with van der Waals surface area (Å²) in [6.07, 6.45) is 1.56. The molecule has 2 aromatic rings. The predicted octanol–water partition coefficient (Wildman–Crippen LogP) is -0.0367. The normalized spacial score (nSPS) is 17.2. The van der Waals surface area contributed by atoms with Crippen LogP contribution >= 0.6 is 0 Å². The first-order valence-corrected chi connectivity index (χ1v) is 7.07. The minimum atomic E-state index is -3.92. The third kappa shape index (κ3) is 1.97. The van der Waals surface area contributed by atoms with Gasteiger partial charge in [-0.3, -0.25) is 9.89 Å². The standard InChI is InChI=1S/C11H10N4O4S/c16-10-5-7(8-3-4-12-13-8)1-2-9(10)15-6-11(17)14-20(15,18)19/h1-5,16H,6H2,(H,12,13)(H,14,17). The Kier molecular flexibility index (Phi) is 2.64. The number of aromatic nitrogens is 2. The van der Waals surface area contributed by atoms with Crippen molar-refractivity contribution in [1.29, 1.82) is 0 Å². The van der Waals surface area contributed by atoms with E-state index in [-0.39, 0.29) is 18.0 Å². The second-order valence-corrected chi connectivity index (χ2v) is 5.81. The summed E-state index contributed by atoms with van der Waals surface area (Å²) < 4.78 is 26.1. The lowest BCUT2D eigenvalue weighted by Crippen LogP contribution is -2.29. The summed E-state index contributed by atoms with van der Waals surface area (Å²) in [6, 6.07) is 6.18. The summed E-state index contributed by atoms with van der Waals surface area (Å²) in [4.78, 5) is 11.2. The van der Waals surface area contributed by atoms with Gasteiger partial charge in [-0.25, -0.2) is 9.03 Å². The number of anilines is 1. The lowest BCUT2D eigenvalue weighted by atomic mass is 10.1. The summed E-state index contributed by atoms with van der Waals surface area (Å²) in [7, 11) is -3.92. The molecule has 0 radical (unpaired) electrons. The van der Waals surface area contributed by atoms with Crippen LogP contribution in [0, 0.1) is 0 Å². The maximum Gasteiger partial charge on any atom is 0.326 e. The number of phenols is 1. The Balaban J connectivity index is 2.02. The lowest BCUT2D eigenvalue weighted by molar-refractivity contribution is -0.117. The van der Waals surface area contributed by atoms with Gasteiger partial charge in [0.05, 0.1) is 11.4 Å². The van der Waals surface area contributed by atoms with Gasteiger partial charge in [-0.05, 0) is 18.2 Å². The molecule has 1 aromatic carbocycles. The van der Waals surface area contributed by atoms with Crippen molar-refractivity contribution in [2.45, 2.75) is 0 Å². The molecular formula is C11H10N4O4S. The van der Waals surface area contributed by atoms with Crippen LogP contribution in [0.5, 0.6) is 5.75 Å². The average Bonchev–Trinajstić information content (AvgIpc) is 2.97. The molecule has 104 valence electrons. The van der Waals surface area contributed by atoms with Gasteiger partial charge in [0.1, 0.15) is 12.3 Å². The Morgan fingerprint density at radius 2 is 2.10 bits per heavy atom. The number of hydrogen-bond acceptors (Lipinski definition) is 5. The van der Waals surface area contributed by atoms with Crippen molar-refractivity contribution < 1.29 is 18.3 Å². The first kappa shape index (κ1) is 12.5. The van der Waals surface area contributed by atoms with E-state index < -0.39 is 16.1 Å². The summed E-state index contributed by atoms with van der Waals surface area (Å²) in [6.45, 7) is -0.348. The van der Waals surface area contributed by atoms with Gasteiger partial charge in [-0.15, -0.1) is 0 Å². The van der Waals surface area contributed by atoms with Gasteiger partial charge in [0.25, 0.3) is 5.91 Å². The Morgan fingerprint density at radius 3 is 2.65 bits per heavy atom. The lowest BCUT2D eigenvalue weighted by Gasteiger charge is -2.16. The topological polar surface area (TPSA) is 115 Å². The van der Waals surface area contributed by atoms with Gasteiger partial charge in [0, 0.05) is 11.8 Å². The Bertz CT molecular complexity index is 770. The summed E-state index contributed by atoms with van der Waals surface area (Å²) in [5.41, 5.74) is 1.39. The average molecular weight is 294 g/mol. The van der Waals surface area contributed by atoms with E-state index in [1.54, 1.807) is 18.3 Å². The number of phenolic OH excluding ortho intramolecular Hbond substituents is 1. The molecular weight excluding hydrogens is 284 g/mol. The molecule has 0 spiro atoms. The molecule has 3 N–H and O–H groups in total. The van der Waals surface area contributed by atoms with Gasteiger partial charge in [0.2, 0.25) is 0 Å². The minimum absolute atomic E-state index is 0.0478. The molecule has 1 aliphatic heterocycles. The summed E-state index contributed by atoms with van der Waals surface area (Å²) in [5, 5.41) is 16.5. The van der Waals surface area contributed by atoms with Crippen LogP contribution in [0.3, 0.4) is 0 Å². The number of nitrogens with one attached hydrogen (secondary N) is 2. The summed E-state index contributed by atoms with van der Waals surface area (Å²) in [5.74, 6) is -0.876. The third-order valence-electron chi connectivity index (χ3n) is 2.88.